The predicted molar refractivity (Wildman–Crippen MR) is 249 cm³/mol. The highest BCUT2D eigenvalue weighted by Crippen LogP contribution is 2.69. The Hall–Kier alpha value is -1.56. The summed E-state index contributed by atoms with van der Waals surface area (Å²) in [6, 6.07) is 0. The lowest BCUT2D eigenvalue weighted by Crippen LogP contribution is -2.67. The first-order valence-corrected chi connectivity index (χ1v) is 26.5. The average molecular weight is 1050 g/mol. The van der Waals surface area contributed by atoms with Gasteiger partial charge in [-0.1, -0.05) is 39.3 Å². The summed E-state index contributed by atoms with van der Waals surface area (Å²) in [5.74, 6) is 2.93. The van der Waals surface area contributed by atoms with Crippen LogP contribution in [-0.4, -0.2) is 228 Å². The molecular formula is C51H82O22. The highest BCUT2D eigenvalue weighted by molar-refractivity contribution is 5.27. The standard InChI is InChI=1S/C51H82O22/c1-20(19-65-46-40(61)38(59)35(56)30(16-52)69-46)6-9-28-21(2)33-29(68-28)15-27-25-8-7-23-14-24(10-12-50(23,4)26(25)11-13-51(27,33)5)67-49-45(73-47-41(62)37(58)34(55)22(3)66-47)43(64)44(32(18-54)71-49)72-48-42(63)39(60)36(57)31(17-53)70-48/h7,9,20-22,24-27,29-49,52-64H,6,8,10-19H2,1-5H3/t20-,21+,22-,24-,25+,26-,27-,29-,30+,31+,32+,33-,34-,35+,36+,37+,38-,39-,40+,41+,42+,43-,44+,45+,46+,47-,48-,49+,50-,51-/m0/s1. The van der Waals surface area contributed by atoms with Crippen LogP contribution in [0.5, 0.6) is 0 Å². The molecule has 5 saturated heterocycles. The number of aliphatic hydroxyl groups is 13. The van der Waals surface area contributed by atoms with Crippen molar-refractivity contribution in [1.29, 1.82) is 0 Å². The van der Waals surface area contributed by atoms with Crippen LogP contribution in [0.3, 0.4) is 0 Å². The van der Waals surface area contributed by atoms with Gasteiger partial charge in [0.05, 0.1) is 44.4 Å². The molecular weight excluding hydrogens is 965 g/mol. The van der Waals surface area contributed by atoms with Crippen LogP contribution in [0.25, 0.3) is 0 Å². The summed E-state index contributed by atoms with van der Waals surface area (Å²) in [5, 5.41) is 136. The third-order valence-electron chi connectivity index (χ3n) is 18.9. The number of ether oxygens (including phenoxy) is 9. The van der Waals surface area contributed by atoms with Gasteiger partial charge in [-0.3, -0.25) is 0 Å². The van der Waals surface area contributed by atoms with Crippen LogP contribution >= 0.6 is 0 Å². The van der Waals surface area contributed by atoms with E-state index < -0.39 is 149 Å². The zero-order valence-corrected chi connectivity index (χ0v) is 42.3. The molecule has 73 heavy (non-hydrogen) atoms. The van der Waals surface area contributed by atoms with Crippen molar-refractivity contribution in [2.75, 3.05) is 26.4 Å². The van der Waals surface area contributed by atoms with Gasteiger partial charge in [0.25, 0.3) is 0 Å². The van der Waals surface area contributed by atoms with E-state index in [0.29, 0.717) is 42.9 Å². The molecule has 22 nitrogen and oxygen atoms in total. The summed E-state index contributed by atoms with van der Waals surface area (Å²) in [7, 11) is 0. The molecule has 0 aromatic heterocycles. The second-order valence-corrected chi connectivity index (χ2v) is 23.3. The van der Waals surface area contributed by atoms with Crippen LogP contribution in [0, 0.1) is 46.3 Å². The van der Waals surface area contributed by atoms with Crippen LogP contribution in [0.2, 0.25) is 0 Å². The summed E-state index contributed by atoms with van der Waals surface area (Å²) in [4.78, 5) is 0. The molecule has 418 valence electrons. The summed E-state index contributed by atoms with van der Waals surface area (Å²) in [5.41, 5.74) is 1.24. The van der Waals surface area contributed by atoms with Gasteiger partial charge < -0.3 is 109 Å². The van der Waals surface area contributed by atoms with E-state index in [4.69, 9.17) is 42.6 Å². The van der Waals surface area contributed by atoms with Gasteiger partial charge in [-0.2, -0.15) is 0 Å². The molecule has 22 heteroatoms. The fourth-order valence-corrected chi connectivity index (χ4v) is 14.6. The Bertz CT molecular complexity index is 1930. The summed E-state index contributed by atoms with van der Waals surface area (Å²) < 4.78 is 54.6. The maximum absolute atomic E-state index is 12.0. The zero-order chi connectivity index (χ0) is 52.6. The van der Waals surface area contributed by atoms with E-state index in [0.717, 1.165) is 37.9 Å². The zero-order valence-electron chi connectivity index (χ0n) is 42.3. The van der Waals surface area contributed by atoms with E-state index in [2.05, 4.69) is 32.9 Å². The van der Waals surface area contributed by atoms with Crippen molar-refractivity contribution in [2.45, 2.75) is 221 Å². The molecule has 4 aliphatic carbocycles. The Labute approximate surface area is 425 Å². The van der Waals surface area contributed by atoms with E-state index in [1.807, 2.05) is 6.92 Å². The van der Waals surface area contributed by atoms with Gasteiger partial charge in [-0.05, 0) is 98.9 Å². The van der Waals surface area contributed by atoms with Crippen molar-refractivity contribution in [3.8, 4) is 0 Å². The summed E-state index contributed by atoms with van der Waals surface area (Å²) in [6.07, 6.45) is -19.2. The molecule has 0 radical (unpaired) electrons. The smallest absolute Gasteiger partial charge is 0.187 e. The number of aliphatic hydroxyl groups excluding tert-OH is 13. The highest BCUT2D eigenvalue weighted by Gasteiger charge is 2.65. The molecule has 0 aromatic rings. The molecule has 0 unspecified atom stereocenters. The Morgan fingerprint density at radius 3 is 1.89 bits per heavy atom. The van der Waals surface area contributed by atoms with E-state index in [9.17, 15) is 66.4 Å². The molecule has 13 N–H and O–H groups in total. The van der Waals surface area contributed by atoms with Crippen molar-refractivity contribution in [2.24, 2.45) is 46.3 Å². The molecule has 5 aliphatic heterocycles. The monoisotopic (exact) mass is 1050 g/mol. The molecule has 5 heterocycles. The Morgan fingerprint density at radius 2 is 1.23 bits per heavy atom. The average Bonchev–Trinajstić information content (AvgIpc) is 3.86. The predicted octanol–water partition coefficient (Wildman–Crippen LogP) is -2.20. The van der Waals surface area contributed by atoms with E-state index in [1.54, 1.807) is 0 Å². The minimum Gasteiger partial charge on any atom is -0.494 e. The molecule has 3 saturated carbocycles. The van der Waals surface area contributed by atoms with Crippen molar-refractivity contribution < 1.29 is 109 Å². The van der Waals surface area contributed by atoms with Gasteiger partial charge in [0, 0.05) is 11.8 Å². The van der Waals surface area contributed by atoms with Crippen LogP contribution < -0.4 is 0 Å². The fourth-order valence-electron chi connectivity index (χ4n) is 14.6. The molecule has 0 aromatic carbocycles. The Kier molecular flexibility index (Phi) is 17.2. The van der Waals surface area contributed by atoms with Crippen LogP contribution in [0.4, 0.5) is 0 Å². The minimum absolute atomic E-state index is 0.0216. The lowest BCUT2D eigenvalue weighted by Gasteiger charge is -2.58. The molecule has 0 spiro atoms. The first-order chi connectivity index (χ1) is 34.6. The van der Waals surface area contributed by atoms with Crippen molar-refractivity contribution in [3.05, 3.63) is 23.5 Å². The number of allylic oxidation sites excluding steroid dienone is 3. The molecule has 0 bridgehead atoms. The lowest BCUT2D eigenvalue weighted by atomic mass is 9.47. The third-order valence-corrected chi connectivity index (χ3v) is 18.9. The van der Waals surface area contributed by atoms with Gasteiger partial charge in [0.1, 0.15) is 97.7 Å². The van der Waals surface area contributed by atoms with Gasteiger partial charge in [0.2, 0.25) is 0 Å². The summed E-state index contributed by atoms with van der Waals surface area (Å²) >= 11 is 0. The Balaban J connectivity index is 0.852. The van der Waals surface area contributed by atoms with Crippen molar-refractivity contribution in [3.63, 3.8) is 0 Å². The molecule has 30 atom stereocenters. The van der Waals surface area contributed by atoms with Crippen LogP contribution in [0.15, 0.2) is 23.5 Å². The molecule has 9 rings (SSSR count). The van der Waals surface area contributed by atoms with Gasteiger partial charge in [-0.25, -0.2) is 0 Å². The fraction of sp³-hybridized carbons (Fsp3) is 0.922. The molecule has 8 fully saturated rings. The SMILES string of the molecule is C[C@@H](CC=C1O[C@H]2C[C@H]3[C@@H]4CC=C5C[C@@H](O[C@@H]6O[C@H](CO)[C@@H](O[C@@H]7O[C@H](CO)[C@@H](O)[C@H](O)[C@H]7O)[C@H](O)[C@H]6O[C@@H]6O[C@@H](C)[C@H](O)[C@@H](O)[C@H]6O)CC[C@]5(C)[C@H]4CC[C@]3(C)[C@H]2[C@@H]1C)CO[C@@H]1O[C@H](CO)[C@@H](O)[C@H](O)[C@H]1O. The van der Waals surface area contributed by atoms with E-state index in [1.165, 1.54) is 12.5 Å². The molecule has 9 aliphatic rings. The van der Waals surface area contributed by atoms with Gasteiger partial charge in [0.15, 0.2) is 25.2 Å². The number of hydrogen-bond donors (Lipinski definition) is 13. The quantitative estimate of drug-likeness (QED) is 0.0821. The van der Waals surface area contributed by atoms with E-state index in [-0.39, 0.29) is 35.4 Å². The lowest BCUT2D eigenvalue weighted by molar-refractivity contribution is -0.389. The number of rotatable bonds is 14. The maximum Gasteiger partial charge on any atom is 0.187 e. The number of fused-ring (bicyclic) bond motifs is 7. The first kappa shape index (κ1) is 56.2. The minimum atomic E-state index is -1.84. The van der Waals surface area contributed by atoms with Crippen LogP contribution in [0.1, 0.15) is 86.0 Å². The Morgan fingerprint density at radius 1 is 0.644 bits per heavy atom. The van der Waals surface area contributed by atoms with Gasteiger partial charge in [-0.15, -0.1) is 0 Å². The molecule has 0 amide bonds. The second kappa shape index (κ2) is 22.3. The van der Waals surface area contributed by atoms with Crippen molar-refractivity contribution in [1.82, 2.24) is 0 Å². The van der Waals surface area contributed by atoms with Gasteiger partial charge >= 0.3 is 0 Å². The largest absolute Gasteiger partial charge is 0.494 e. The van der Waals surface area contributed by atoms with Crippen molar-refractivity contribution >= 4 is 0 Å². The number of hydrogen-bond acceptors (Lipinski definition) is 22. The van der Waals surface area contributed by atoms with Crippen LogP contribution in [-0.2, 0) is 42.6 Å². The highest BCUT2D eigenvalue weighted by atomic mass is 16.8. The maximum atomic E-state index is 12.0. The van der Waals surface area contributed by atoms with E-state index >= 15 is 0 Å². The summed E-state index contributed by atoms with van der Waals surface area (Å²) in [6.45, 7) is 8.83. The second-order valence-electron chi connectivity index (χ2n) is 23.3. The third kappa shape index (κ3) is 10.2. The topological polar surface area (TPSA) is 346 Å². The normalized spacial score (nSPS) is 53.9. The first-order valence-electron chi connectivity index (χ1n) is 26.5.